The Morgan fingerprint density at radius 3 is 2.08 bits per heavy atom. The molecule has 0 amide bonds. The molecule has 120 valence electrons. The zero-order valence-corrected chi connectivity index (χ0v) is 14.1. The lowest BCUT2D eigenvalue weighted by molar-refractivity contribution is 1.28. The van der Waals surface area contributed by atoms with Crippen LogP contribution in [0.4, 0.5) is 0 Å². The summed E-state index contributed by atoms with van der Waals surface area (Å²) in [6, 6.07) is 16.3. The minimum Gasteiger partial charge on any atom is -0.307 e. The number of hydrogen-bond donors (Lipinski definition) is 0. The third-order valence-electron chi connectivity index (χ3n) is 4.90. The van der Waals surface area contributed by atoms with Crippen molar-refractivity contribution in [1.29, 1.82) is 0 Å². The van der Waals surface area contributed by atoms with Crippen LogP contribution in [0.25, 0.3) is 38.1 Å². The second kappa shape index (κ2) is 4.80. The molecule has 0 aliphatic rings. The molecular formula is C21H12ClNO2. The number of aromatic nitrogens is 1. The number of halogens is 1. The molecule has 0 fully saturated rings. The second-order valence-corrected chi connectivity index (χ2v) is 6.76. The minimum absolute atomic E-state index is 0.0444. The first-order chi connectivity index (χ1) is 12.1. The number of pyridine rings is 2. The molecule has 4 heteroatoms. The Morgan fingerprint density at radius 2 is 1.36 bits per heavy atom. The smallest absolute Gasteiger partial charge is 0.197 e. The van der Waals surface area contributed by atoms with Gasteiger partial charge in [-0.3, -0.25) is 9.59 Å². The van der Waals surface area contributed by atoms with Crippen LogP contribution in [0, 0.1) is 6.92 Å². The highest BCUT2D eigenvalue weighted by Crippen LogP contribution is 2.28. The van der Waals surface area contributed by atoms with E-state index in [0.717, 1.165) is 16.6 Å². The van der Waals surface area contributed by atoms with Crippen LogP contribution in [0.5, 0.6) is 0 Å². The van der Waals surface area contributed by atoms with Gasteiger partial charge in [0.1, 0.15) is 0 Å². The number of benzene rings is 3. The van der Waals surface area contributed by atoms with E-state index >= 15 is 0 Å². The topological polar surface area (TPSA) is 38.5 Å². The number of aryl methyl sites for hydroxylation is 1. The van der Waals surface area contributed by atoms with E-state index in [1.54, 1.807) is 30.3 Å². The zero-order chi connectivity index (χ0) is 17.3. The maximum atomic E-state index is 13.0. The van der Waals surface area contributed by atoms with Gasteiger partial charge in [0.25, 0.3) is 0 Å². The maximum Gasteiger partial charge on any atom is 0.197 e. The van der Waals surface area contributed by atoms with Crippen LogP contribution in [0.15, 0.2) is 64.2 Å². The van der Waals surface area contributed by atoms with Gasteiger partial charge in [0.05, 0.1) is 16.6 Å². The van der Waals surface area contributed by atoms with Crippen molar-refractivity contribution in [2.24, 2.45) is 0 Å². The van der Waals surface area contributed by atoms with Crippen LogP contribution in [-0.4, -0.2) is 4.40 Å². The Bertz CT molecular complexity index is 1450. The van der Waals surface area contributed by atoms with Crippen LogP contribution < -0.4 is 10.9 Å². The zero-order valence-electron chi connectivity index (χ0n) is 13.3. The van der Waals surface area contributed by atoms with Crippen molar-refractivity contribution >= 4 is 49.7 Å². The molecule has 25 heavy (non-hydrogen) atoms. The molecular weight excluding hydrogens is 334 g/mol. The van der Waals surface area contributed by atoms with E-state index in [2.05, 4.69) is 0 Å². The molecule has 2 heterocycles. The summed E-state index contributed by atoms with van der Waals surface area (Å²) in [5, 5.41) is 2.82. The van der Waals surface area contributed by atoms with Gasteiger partial charge in [-0.25, -0.2) is 0 Å². The summed E-state index contributed by atoms with van der Waals surface area (Å²) < 4.78 is 2.03. The molecule has 3 nitrogen and oxygen atoms in total. The van der Waals surface area contributed by atoms with Crippen molar-refractivity contribution in [3.8, 4) is 0 Å². The highest BCUT2D eigenvalue weighted by atomic mass is 35.5. The first kappa shape index (κ1) is 14.4. The molecule has 0 aliphatic heterocycles. The number of nitrogens with zero attached hydrogens (tertiary/aromatic N) is 1. The van der Waals surface area contributed by atoms with E-state index in [4.69, 9.17) is 11.6 Å². The summed E-state index contributed by atoms with van der Waals surface area (Å²) in [6.45, 7) is 1.98. The van der Waals surface area contributed by atoms with Gasteiger partial charge in [-0.1, -0.05) is 29.8 Å². The fourth-order valence-corrected chi connectivity index (χ4v) is 3.99. The predicted molar refractivity (Wildman–Crippen MR) is 103 cm³/mol. The number of hydrogen-bond acceptors (Lipinski definition) is 2. The number of para-hydroxylation sites is 2. The Morgan fingerprint density at radius 1 is 0.760 bits per heavy atom. The van der Waals surface area contributed by atoms with Gasteiger partial charge < -0.3 is 4.40 Å². The Balaban J connectivity index is 2.34. The van der Waals surface area contributed by atoms with Crippen LogP contribution in [0.2, 0.25) is 5.02 Å². The summed E-state index contributed by atoms with van der Waals surface area (Å²) in [5.74, 6) is 0. The number of fused-ring (bicyclic) bond motifs is 4. The second-order valence-electron chi connectivity index (χ2n) is 6.33. The molecule has 0 aliphatic carbocycles. The molecule has 5 rings (SSSR count). The summed E-state index contributed by atoms with van der Waals surface area (Å²) in [5.41, 5.74) is 3.11. The fourth-order valence-electron chi connectivity index (χ4n) is 3.82. The third-order valence-corrected chi connectivity index (χ3v) is 5.13. The van der Waals surface area contributed by atoms with Crippen LogP contribution in [-0.2, 0) is 0 Å². The van der Waals surface area contributed by atoms with Gasteiger partial charge in [-0.15, -0.1) is 0 Å². The molecule has 0 radical (unpaired) electrons. The minimum atomic E-state index is -0.101. The van der Waals surface area contributed by atoms with Gasteiger partial charge in [0, 0.05) is 26.6 Å². The Kier molecular flexibility index (Phi) is 2.77. The van der Waals surface area contributed by atoms with Gasteiger partial charge >= 0.3 is 0 Å². The summed E-state index contributed by atoms with van der Waals surface area (Å²) in [6.07, 6.45) is 0. The van der Waals surface area contributed by atoms with Crippen LogP contribution in [0.3, 0.4) is 0 Å². The van der Waals surface area contributed by atoms with E-state index in [-0.39, 0.29) is 10.9 Å². The third kappa shape index (κ3) is 1.76. The lowest BCUT2D eigenvalue weighted by Crippen LogP contribution is -2.14. The summed E-state index contributed by atoms with van der Waals surface area (Å²) in [4.78, 5) is 26.0. The highest BCUT2D eigenvalue weighted by molar-refractivity contribution is 6.31. The fraction of sp³-hybridized carbons (Fsp3) is 0.0476. The van der Waals surface area contributed by atoms with Crippen molar-refractivity contribution in [2.75, 3.05) is 0 Å². The molecule has 0 atom stereocenters. The van der Waals surface area contributed by atoms with Crippen molar-refractivity contribution in [1.82, 2.24) is 4.40 Å². The van der Waals surface area contributed by atoms with Crippen molar-refractivity contribution < 1.29 is 0 Å². The van der Waals surface area contributed by atoms with Gasteiger partial charge in [-0.05, 0) is 48.9 Å². The molecule has 0 saturated carbocycles. The average Bonchev–Trinajstić information content (AvgIpc) is 2.62. The molecule has 0 N–H and O–H groups in total. The Labute approximate surface area is 147 Å². The molecule has 2 aromatic heterocycles. The highest BCUT2D eigenvalue weighted by Gasteiger charge is 2.17. The quantitative estimate of drug-likeness (QED) is 0.306. The monoisotopic (exact) mass is 345 g/mol. The molecule has 3 aromatic carbocycles. The molecule has 0 saturated heterocycles. The Hall–Kier alpha value is -2.91. The molecule has 5 aromatic rings. The summed E-state index contributed by atoms with van der Waals surface area (Å²) >= 11 is 6.14. The van der Waals surface area contributed by atoms with Crippen LogP contribution >= 0.6 is 11.6 Å². The SMILES string of the molecule is Cc1cccc2c(=O)c3cccc4c(=O)c5cc(Cl)ccc5n(c12)c43. The lowest BCUT2D eigenvalue weighted by Gasteiger charge is -2.15. The van der Waals surface area contributed by atoms with E-state index in [0.29, 0.717) is 32.1 Å². The molecule has 0 unspecified atom stereocenters. The van der Waals surface area contributed by atoms with E-state index in [1.165, 1.54) is 0 Å². The van der Waals surface area contributed by atoms with Crippen molar-refractivity contribution in [3.63, 3.8) is 0 Å². The van der Waals surface area contributed by atoms with Gasteiger partial charge in [0.15, 0.2) is 10.9 Å². The maximum absolute atomic E-state index is 13.0. The largest absolute Gasteiger partial charge is 0.307 e. The first-order valence-corrected chi connectivity index (χ1v) is 8.37. The predicted octanol–water partition coefficient (Wildman–Crippen LogP) is 4.52. The lowest BCUT2D eigenvalue weighted by atomic mass is 10.0. The first-order valence-electron chi connectivity index (χ1n) is 7.99. The van der Waals surface area contributed by atoms with Crippen molar-refractivity contribution in [2.45, 2.75) is 6.92 Å². The molecule has 0 bridgehead atoms. The van der Waals surface area contributed by atoms with Crippen molar-refractivity contribution in [3.05, 3.63) is 85.6 Å². The van der Waals surface area contributed by atoms with Gasteiger partial charge in [0.2, 0.25) is 0 Å². The average molecular weight is 346 g/mol. The summed E-state index contributed by atoms with van der Waals surface area (Å²) in [7, 11) is 0. The molecule has 0 spiro atoms. The standard InChI is InChI=1S/C21H12ClNO2/c1-11-4-2-5-13-18(11)23-17-9-8-12(22)10-16(17)21(25)15-7-3-6-14(19(15)23)20(13)24/h2-10H,1H3. The van der Waals surface area contributed by atoms with Gasteiger partial charge in [-0.2, -0.15) is 0 Å². The van der Waals surface area contributed by atoms with E-state index in [1.807, 2.05) is 35.6 Å². The van der Waals surface area contributed by atoms with E-state index < -0.39 is 0 Å². The van der Waals surface area contributed by atoms with Crippen LogP contribution in [0.1, 0.15) is 5.56 Å². The van der Waals surface area contributed by atoms with E-state index in [9.17, 15) is 9.59 Å². The normalized spacial score (nSPS) is 11.9. The number of rotatable bonds is 0.